The van der Waals surface area contributed by atoms with Crippen molar-refractivity contribution in [2.75, 3.05) is 14.2 Å². The van der Waals surface area contributed by atoms with Gasteiger partial charge in [0.2, 0.25) is 5.91 Å². The number of hydrogen-bond acceptors (Lipinski definition) is 6. The molecule has 1 aliphatic rings. The van der Waals surface area contributed by atoms with Gasteiger partial charge in [-0.2, -0.15) is 0 Å². The molecule has 1 amide bonds. The first-order chi connectivity index (χ1) is 13.3. The highest BCUT2D eigenvalue weighted by Crippen LogP contribution is 2.31. The van der Waals surface area contributed by atoms with Crippen molar-refractivity contribution < 1.29 is 19.1 Å². The van der Waals surface area contributed by atoms with Gasteiger partial charge in [-0.1, -0.05) is 0 Å². The van der Waals surface area contributed by atoms with E-state index in [1.54, 1.807) is 31.0 Å². The molecule has 0 aliphatic carbocycles. The number of hydrogen-bond donors (Lipinski definition) is 0. The first-order valence-electron chi connectivity index (χ1n) is 8.85. The Balaban J connectivity index is 1.89. The Bertz CT molecular complexity index is 1030. The first-order valence-corrected chi connectivity index (χ1v) is 8.85. The minimum atomic E-state index is -0.188. The summed E-state index contributed by atoms with van der Waals surface area (Å²) in [5, 5.41) is 0. The van der Waals surface area contributed by atoms with Crippen LogP contribution in [0.3, 0.4) is 0 Å². The van der Waals surface area contributed by atoms with Crippen LogP contribution in [0.15, 0.2) is 16.9 Å². The first kappa shape index (κ1) is 19.6. The van der Waals surface area contributed by atoms with E-state index in [0.29, 0.717) is 39.7 Å². The number of Topliss-reactive ketones (excluding diaryl/α,β-unsaturated/α-hetero) is 1. The molecule has 28 heavy (non-hydrogen) atoms. The Kier molecular flexibility index (Phi) is 5.22. The van der Waals surface area contributed by atoms with Gasteiger partial charge in [-0.25, -0.2) is 4.98 Å². The summed E-state index contributed by atoms with van der Waals surface area (Å²) in [6.07, 6.45) is 0.0164. The lowest BCUT2D eigenvalue weighted by Gasteiger charge is -2.17. The van der Waals surface area contributed by atoms with E-state index in [9.17, 15) is 14.4 Å². The maximum atomic E-state index is 12.9. The van der Waals surface area contributed by atoms with Crippen molar-refractivity contribution in [3.05, 3.63) is 50.7 Å². The van der Waals surface area contributed by atoms with Gasteiger partial charge in [0.1, 0.15) is 5.82 Å². The van der Waals surface area contributed by atoms with Gasteiger partial charge < -0.3 is 14.4 Å². The van der Waals surface area contributed by atoms with Gasteiger partial charge in [-0.15, -0.1) is 0 Å². The van der Waals surface area contributed by atoms with Gasteiger partial charge in [0.15, 0.2) is 17.3 Å². The third-order valence-electron chi connectivity index (χ3n) is 5.07. The molecule has 0 atom stereocenters. The van der Waals surface area contributed by atoms with Crippen molar-refractivity contribution in [3.8, 4) is 11.5 Å². The maximum absolute atomic E-state index is 12.9. The SMILES string of the molecule is COc1cc(CC(=O)N2Cc3nc(C)n(C)c(=O)c3C2)c(C(C)=O)cc1OC. The topological polar surface area (TPSA) is 90.7 Å². The number of rotatable bonds is 5. The summed E-state index contributed by atoms with van der Waals surface area (Å²) in [7, 11) is 4.65. The molecular formula is C20H23N3O5. The molecule has 2 aromatic rings. The standard InChI is InChI=1S/C20H23N3O5/c1-11(24)14-8-18(28-5)17(27-4)6-13(14)7-19(25)23-9-15-16(10-23)21-12(2)22(3)20(15)26/h6,8H,7,9-10H2,1-5H3. The van der Waals surface area contributed by atoms with Crippen molar-refractivity contribution in [3.63, 3.8) is 0 Å². The Morgan fingerprint density at radius 1 is 1.14 bits per heavy atom. The van der Waals surface area contributed by atoms with Gasteiger partial charge in [-0.05, 0) is 31.5 Å². The zero-order valence-corrected chi connectivity index (χ0v) is 16.7. The molecule has 0 unspecified atom stereocenters. The number of carbonyl (C=O) groups is 2. The Labute approximate surface area is 162 Å². The van der Waals surface area contributed by atoms with Crippen molar-refractivity contribution in [1.29, 1.82) is 0 Å². The van der Waals surface area contributed by atoms with E-state index in [-0.39, 0.29) is 36.8 Å². The van der Waals surface area contributed by atoms with E-state index >= 15 is 0 Å². The quantitative estimate of drug-likeness (QED) is 0.723. The molecule has 2 heterocycles. The third-order valence-corrected chi connectivity index (χ3v) is 5.07. The number of methoxy groups -OCH3 is 2. The maximum Gasteiger partial charge on any atom is 0.258 e. The van der Waals surface area contributed by atoms with Crippen LogP contribution in [0.4, 0.5) is 0 Å². The second-order valence-electron chi connectivity index (χ2n) is 6.80. The van der Waals surface area contributed by atoms with Crippen LogP contribution < -0.4 is 15.0 Å². The molecule has 0 saturated heterocycles. The predicted octanol–water partition coefficient (Wildman–Crippen LogP) is 1.39. The highest BCUT2D eigenvalue weighted by atomic mass is 16.5. The van der Waals surface area contributed by atoms with E-state index < -0.39 is 0 Å². The summed E-state index contributed by atoms with van der Waals surface area (Å²) in [5.41, 5.74) is 2.01. The summed E-state index contributed by atoms with van der Waals surface area (Å²) in [6.45, 7) is 3.71. The van der Waals surface area contributed by atoms with Gasteiger partial charge >= 0.3 is 0 Å². The number of ether oxygens (including phenoxy) is 2. The number of carbonyl (C=O) groups excluding carboxylic acids is 2. The molecule has 0 radical (unpaired) electrons. The largest absolute Gasteiger partial charge is 0.493 e. The lowest BCUT2D eigenvalue weighted by atomic mass is 10.00. The fourth-order valence-corrected chi connectivity index (χ4v) is 3.37. The highest BCUT2D eigenvalue weighted by Gasteiger charge is 2.29. The number of benzene rings is 1. The Morgan fingerprint density at radius 3 is 2.39 bits per heavy atom. The van der Waals surface area contributed by atoms with Gasteiger partial charge in [-0.3, -0.25) is 19.0 Å². The molecule has 1 aromatic heterocycles. The normalized spacial score (nSPS) is 12.7. The van der Waals surface area contributed by atoms with E-state index in [1.165, 1.54) is 25.7 Å². The molecule has 148 valence electrons. The molecular weight excluding hydrogens is 362 g/mol. The number of amides is 1. The smallest absolute Gasteiger partial charge is 0.258 e. The van der Waals surface area contributed by atoms with Gasteiger partial charge in [0.05, 0.1) is 45.0 Å². The van der Waals surface area contributed by atoms with Crippen molar-refractivity contribution in [1.82, 2.24) is 14.5 Å². The molecule has 1 aromatic carbocycles. The van der Waals surface area contributed by atoms with E-state index in [1.807, 2.05) is 0 Å². The number of ketones is 1. The third kappa shape index (κ3) is 3.37. The number of aryl methyl sites for hydroxylation is 1. The minimum Gasteiger partial charge on any atom is -0.493 e. The van der Waals surface area contributed by atoms with Crippen molar-refractivity contribution in [2.45, 2.75) is 33.4 Å². The lowest BCUT2D eigenvalue weighted by molar-refractivity contribution is -0.131. The van der Waals surface area contributed by atoms with Crippen LogP contribution in [0.2, 0.25) is 0 Å². The average Bonchev–Trinajstić information content (AvgIpc) is 3.09. The van der Waals surface area contributed by atoms with Gasteiger partial charge in [0, 0.05) is 12.6 Å². The van der Waals surface area contributed by atoms with Crippen LogP contribution >= 0.6 is 0 Å². The fourth-order valence-electron chi connectivity index (χ4n) is 3.37. The summed E-state index contributed by atoms with van der Waals surface area (Å²) in [4.78, 5) is 43.4. The number of nitrogens with zero attached hydrogens (tertiary/aromatic N) is 3. The molecule has 0 bridgehead atoms. The second kappa shape index (κ2) is 7.46. The summed E-state index contributed by atoms with van der Waals surface area (Å²) in [6, 6.07) is 3.24. The molecule has 8 nitrogen and oxygen atoms in total. The van der Waals surface area contributed by atoms with E-state index in [4.69, 9.17) is 9.47 Å². The van der Waals surface area contributed by atoms with Crippen LogP contribution in [0, 0.1) is 6.92 Å². The molecule has 0 N–H and O–H groups in total. The minimum absolute atomic E-state index is 0.0164. The average molecular weight is 385 g/mol. The molecule has 0 saturated carbocycles. The summed E-state index contributed by atoms with van der Waals surface area (Å²) in [5.74, 6) is 1.13. The van der Waals surface area contributed by atoms with E-state index in [2.05, 4.69) is 4.98 Å². The van der Waals surface area contributed by atoms with Crippen LogP contribution in [0.5, 0.6) is 11.5 Å². The van der Waals surface area contributed by atoms with Crippen LogP contribution in [0.25, 0.3) is 0 Å². The lowest BCUT2D eigenvalue weighted by Crippen LogP contribution is -2.29. The Morgan fingerprint density at radius 2 is 1.79 bits per heavy atom. The molecule has 8 heteroatoms. The zero-order valence-electron chi connectivity index (χ0n) is 16.7. The monoisotopic (exact) mass is 385 g/mol. The predicted molar refractivity (Wildman–Crippen MR) is 102 cm³/mol. The molecule has 0 spiro atoms. The van der Waals surface area contributed by atoms with Crippen molar-refractivity contribution >= 4 is 11.7 Å². The van der Waals surface area contributed by atoms with Crippen LogP contribution in [0.1, 0.15) is 39.9 Å². The Hall–Kier alpha value is -3.16. The summed E-state index contributed by atoms with van der Waals surface area (Å²) >= 11 is 0. The summed E-state index contributed by atoms with van der Waals surface area (Å²) < 4.78 is 12.0. The number of fused-ring (bicyclic) bond motifs is 1. The van der Waals surface area contributed by atoms with E-state index in [0.717, 1.165) is 0 Å². The molecule has 0 fully saturated rings. The second-order valence-corrected chi connectivity index (χ2v) is 6.80. The highest BCUT2D eigenvalue weighted by molar-refractivity contribution is 5.97. The zero-order chi connectivity index (χ0) is 20.6. The van der Waals surface area contributed by atoms with Crippen LogP contribution in [-0.2, 0) is 31.4 Å². The van der Waals surface area contributed by atoms with Crippen LogP contribution in [-0.4, -0.2) is 40.4 Å². The van der Waals surface area contributed by atoms with Gasteiger partial charge in [0.25, 0.3) is 5.56 Å². The van der Waals surface area contributed by atoms with Crippen molar-refractivity contribution in [2.24, 2.45) is 7.05 Å². The molecule has 1 aliphatic heterocycles. The molecule has 3 rings (SSSR count). The number of aromatic nitrogens is 2. The fraction of sp³-hybridized carbons (Fsp3) is 0.400.